The van der Waals surface area contributed by atoms with Gasteiger partial charge >= 0.3 is 0 Å². The number of aryl methyl sites for hydroxylation is 1. The summed E-state index contributed by atoms with van der Waals surface area (Å²) in [5, 5.41) is 10.2. The number of imidazole rings is 1. The number of aromatic nitrogens is 2. The first kappa shape index (κ1) is 27.4. The Morgan fingerprint density at radius 1 is 0.479 bits per heavy atom. The Morgan fingerprint density at radius 3 is 1.75 bits per heavy atom. The van der Waals surface area contributed by atoms with E-state index in [0.29, 0.717) is 0 Å². The number of hydrogen-bond donors (Lipinski definition) is 0. The summed E-state index contributed by atoms with van der Waals surface area (Å²) < 4.78 is 5.01. The highest BCUT2D eigenvalue weighted by atomic mass is 32.1. The second-order valence-corrected chi connectivity index (χ2v) is 13.6. The average Bonchev–Trinajstić information content (AvgIpc) is 3.72. The van der Waals surface area contributed by atoms with Crippen LogP contribution < -0.4 is 0 Å². The molecule has 10 rings (SSSR count). The van der Waals surface area contributed by atoms with Gasteiger partial charge in [-0.2, -0.15) is 0 Å². The molecule has 0 atom stereocenters. The first-order chi connectivity index (χ1) is 23.8. The predicted octanol–water partition coefficient (Wildman–Crippen LogP) is 12.7. The molecule has 48 heavy (non-hydrogen) atoms. The van der Waals surface area contributed by atoms with E-state index < -0.39 is 0 Å². The number of thiophene rings is 1. The van der Waals surface area contributed by atoms with Crippen molar-refractivity contribution in [1.82, 2.24) is 9.55 Å². The maximum absolute atomic E-state index is 5.02. The molecule has 0 saturated heterocycles. The zero-order chi connectivity index (χ0) is 31.8. The molecule has 2 heterocycles. The lowest BCUT2D eigenvalue weighted by Crippen LogP contribution is -2.01. The molecule has 0 fully saturated rings. The van der Waals surface area contributed by atoms with E-state index in [2.05, 4.69) is 163 Å². The van der Waals surface area contributed by atoms with Crippen LogP contribution in [0.5, 0.6) is 0 Å². The number of hydrogen-bond acceptors (Lipinski definition) is 2. The van der Waals surface area contributed by atoms with Gasteiger partial charge in [0.25, 0.3) is 0 Å². The van der Waals surface area contributed by atoms with Gasteiger partial charge in [-0.3, -0.25) is 4.57 Å². The molecule has 3 heteroatoms. The second kappa shape index (κ2) is 10.6. The van der Waals surface area contributed by atoms with Crippen molar-refractivity contribution in [2.75, 3.05) is 0 Å². The van der Waals surface area contributed by atoms with Gasteiger partial charge in [0.2, 0.25) is 0 Å². The van der Waals surface area contributed by atoms with E-state index in [0.717, 1.165) is 23.3 Å². The van der Waals surface area contributed by atoms with Crippen LogP contribution in [0.3, 0.4) is 0 Å². The van der Waals surface area contributed by atoms with Crippen LogP contribution in [0.1, 0.15) is 12.7 Å². The molecular formula is C45H30N2S. The lowest BCUT2D eigenvalue weighted by Gasteiger charge is -2.20. The van der Waals surface area contributed by atoms with Crippen molar-refractivity contribution >= 4 is 74.9 Å². The van der Waals surface area contributed by atoms with Crippen molar-refractivity contribution in [3.05, 3.63) is 157 Å². The molecule has 10 aromatic rings. The SMILES string of the molecule is CCc1nc2ccccc2n1-c1ccc(-c2c3ccccc3c(-c3cccc4sc5ccccc5c34)c3ccccc23)c2ccccc12. The minimum absolute atomic E-state index is 0.855. The molecule has 0 spiro atoms. The number of fused-ring (bicyclic) bond motifs is 7. The lowest BCUT2D eigenvalue weighted by atomic mass is 9.83. The van der Waals surface area contributed by atoms with E-state index >= 15 is 0 Å². The van der Waals surface area contributed by atoms with Crippen LogP contribution in [0.2, 0.25) is 0 Å². The number of para-hydroxylation sites is 2. The summed E-state index contributed by atoms with van der Waals surface area (Å²) in [7, 11) is 0. The van der Waals surface area contributed by atoms with Crippen molar-refractivity contribution in [2.45, 2.75) is 13.3 Å². The Kier molecular flexibility index (Phi) is 6.06. The fraction of sp³-hybridized carbons (Fsp3) is 0.0444. The first-order valence-electron chi connectivity index (χ1n) is 16.6. The van der Waals surface area contributed by atoms with E-state index in [1.165, 1.54) is 80.4 Å². The van der Waals surface area contributed by atoms with Crippen LogP contribution in [0.15, 0.2) is 152 Å². The fourth-order valence-corrected chi connectivity index (χ4v) is 9.10. The normalized spacial score (nSPS) is 11.9. The number of benzene rings is 8. The summed E-state index contributed by atoms with van der Waals surface area (Å²) in [6.45, 7) is 2.19. The number of nitrogens with zero attached hydrogens (tertiary/aromatic N) is 2. The second-order valence-electron chi connectivity index (χ2n) is 12.5. The maximum Gasteiger partial charge on any atom is 0.114 e. The Labute approximate surface area is 282 Å². The molecule has 2 aromatic heterocycles. The molecule has 226 valence electrons. The van der Waals surface area contributed by atoms with Gasteiger partial charge in [0, 0.05) is 32.0 Å². The van der Waals surface area contributed by atoms with E-state index in [1.807, 2.05) is 11.3 Å². The number of rotatable bonds is 4. The topological polar surface area (TPSA) is 17.8 Å². The highest BCUT2D eigenvalue weighted by molar-refractivity contribution is 7.25. The maximum atomic E-state index is 5.02. The first-order valence-corrected chi connectivity index (χ1v) is 17.4. The van der Waals surface area contributed by atoms with E-state index in [1.54, 1.807) is 0 Å². The van der Waals surface area contributed by atoms with Crippen molar-refractivity contribution in [3.8, 4) is 27.9 Å². The standard InChI is InChI=1S/C45H30N2S/c1-2-42-46-37-22-10-11-23-39(37)47(42)38-27-26-34(28-14-3-4-15-29(28)38)43-30-16-5-7-18-32(30)44(33-19-8-6-17-31(33)43)36-21-13-25-41-45(36)35-20-9-12-24-40(35)48-41/h3-27H,2H2,1H3. The van der Waals surface area contributed by atoms with Gasteiger partial charge in [-0.05, 0) is 79.5 Å². The molecule has 0 amide bonds. The van der Waals surface area contributed by atoms with Gasteiger partial charge in [0.05, 0.1) is 16.7 Å². The van der Waals surface area contributed by atoms with Crippen LogP contribution in [-0.4, -0.2) is 9.55 Å². The molecule has 0 aliphatic carbocycles. The van der Waals surface area contributed by atoms with Crippen molar-refractivity contribution in [2.24, 2.45) is 0 Å². The lowest BCUT2D eigenvalue weighted by molar-refractivity contribution is 0.913. The van der Waals surface area contributed by atoms with Gasteiger partial charge < -0.3 is 0 Å². The van der Waals surface area contributed by atoms with Crippen LogP contribution in [0.4, 0.5) is 0 Å². The summed E-state index contributed by atoms with van der Waals surface area (Å²) >= 11 is 1.88. The van der Waals surface area contributed by atoms with Crippen LogP contribution in [0.25, 0.3) is 91.5 Å². The van der Waals surface area contributed by atoms with E-state index in [9.17, 15) is 0 Å². The van der Waals surface area contributed by atoms with Crippen LogP contribution in [-0.2, 0) is 6.42 Å². The van der Waals surface area contributed by atoms with Gasteiger partial charge in [0.1, 0.15) is 5.82 Å². The third-order valence-corrected chi connectivity index (χ3v) is 11.1. The molecule has 0 saturated carbocycles. The van der Waals surface area contributed by atoms with Crippen LogP contribution >= 0.6 is 11.3 Å². The average molecular weight is 631 g/mol. The Bertz CT molecular complexity index is 2830. The van der Waals surface area contributed by atoms with Gasteiger partial charge in [-0.25, -0.2) is 4.98 Å². The highest BCUT2D eigenvalue weighted by Gasteiger charge is 2.22. The molecule has 0 radical (unpaired) electrons. The molecule has 0 aliphatic heterocycles. The monoisotopic (exact) mass is 630 g/mol. The predicted molar refractivity (Wildman–Crippen MR) is 207 cm³/mol. The summed E-state index contributed by atoms with van der Waals surface area (Å²) in [6.07, 6.45) is 0.855. The third-order valence-electron chi connectivity index (χ3n) is 9.96. The van der Waals surface area contributed by atoms with Gasteiger partial charge in [0.15, 0.2) is 0 Å². The highest BCUT2D eigenvalue weighted by Crippen LogP contribution is 2.49. The van der Waals surface area contributed by atoms with E-state index in [4.69, 9.17) is 4.98 Å². The van der Waals surface area contributed by atoms with Crippen molar-refractivity contribution in [3.63, 3.8) is 0 Å². The quantitative estimate of drug-likeness (QED) is 0.177. The zero-order valence-electron chi connectivity index (χ0n) is 26.4. The molecule has 0 unspecified atom stereocenters. The van der Waals surface area contributed by atoms with Gasteiger partial charge in [-0.1, -0.05) is 128 Å². The van der Waals surface area contributed by atoms with Crippen molar-refractivity contribution in [1.29, 1.82) is 0 Å². The third kappa shape index (κ3) is 3.89. The molecule has 8 aromatic carbocycles. The van der Waals surface area contributed by atoms with Crippen LogP contribution in [0, 0.1) is 0 Å². The zero-order valence-corrected chi connectivity index (χ0v) is 27.3. The van der Waals surface area contributed by atoms with Crippen molar-refractivity contribution < 1.29 is 0 Å². The molecule has 0 N–H and O–H groups in total. The molecule has 0 aliphatic rings. The Morgan fingerprint density at radius 2 is 1.04 bits per heavy atom. The molecule has 2 nitrogen and oxygen atoms in total. The summed E-state index contributed by atoms with van der Waals surface area (Å²) in [4.78, 5) is 5.02. The molecular weight excluding hydrogens is 601 g/mol. The summed E-state index contributed by atoms with van der Waals surface area (Å²) in [5.74, 6) is 1.07. The fourth-order valence-electron chi connectivity index (χ4n) is 7.97. The van der Waals surface area contributed by atoms with Gasteiger partial charge in [-0.15, -0.1) is 11.3 Å². The summed E-state index contributed by atoms with van der Waals surface area (Å²) in [6, 6.07) is 55.6. The minimum Gasteiger partial charge on any atom is -0.296 e. The molecule has 0 bridgehead atoms. The Hall–Kier alpha value is -5.77. The van der Waals surface area contributed by atoms with E-state index in [-0.39, 0.29) is 0 Å². The smallest absolute Gasteiger partial charge is 0.114 e. The largest absolute Gasteiger partial charge is 0.296 e. The minimum atomic E-state index is 0.855. The summed E-state index contributed by atoms with van der Waals surface area (Å²) in [5.41, 5.74) is 8.46. The Balaban J connectivity index is 1.31.